The number of pyridine rings is 1. The number of halogens is 1. The summed E-state index contributed by atoms with van der Waals surface area (Å²) in [6.07, 6.45) is 3.47. The molecule has 0 aliphatic heterocycles. The van der Waals surface area contributed by atoms with Crippen LogP contribution < -0.4 is 14.8 Å². The first-order chi connectivity index (χ1) is 15.2. The number of carbonyl (C=O) groups is 1. The lowest BCUT2D eigenvalue weighted by Gasteiger charge is -2.08. The lowest BCUT2D eigenvalue weighted by atomic mass is 10.2. The highest BCUT2D eigenvalue weighted by Crippen LogP contribution is 2.21. The zero-order valence-corrected chi connectivity index (χ0v) is 18.0. The van der Waals surface area contributed by atoms with Gasteiger partial charge >= 0.3 is 0 Å². The van der Waals surface area contributed by atoms with E-state index in [1.165, 1.54) is 0 Å². The third-order valence-corrected chi connectivity index (χ3v) is 4.83. The molecule has 2 aromatic heterocycles. The number of nitrogens with zero attached hydrogens (tertiary/aromatic N) is 1. The molecule has 1 N–H and O–H groups in total. The molecule has 0 fully saturated rings. The molecular formula is C24H19BrN2O4. The van der Waals surface area contributed by atoms with Crippen molar-refractivity contribution in [3.63, 3.8) is 0 Å². The molecule has 6 nitrogen and oxygen atoms in total. The number of carbonyl (C=O) groups excluding carboxylic acids is 1. The Bertz CT molecular complexity index is 1140. The summed E-state index contributed by atoms with van der Waals surface area (Å²) in [5.74, 6) is 1.77. The van der Waals surface area contributed by atoms with Gasteiger partial charge in [-0.3, -0.25) is 9.78 Å². The van der Waals surface area contributed by atoms with Crippen molar-refractivity contribution in [1.29, 1.82) is 0 Å². The lowest BCUT2D eigenvalue weighted by Crippen LogP contribution is -2.11. The molecule has 4 aromatic rings. The van der Waals surface area contributed by atoms with Gasteiger partial charge in [-0.05, 0) is 54.6 Å². The van der Waals surface area contributed by atoms with Gasteiger partial charge in [0.1, 0.15) is 30.5 Å². The van der Waals surface area contributed by atoms with Gasteiger partial charge in [-0.1, -0.05) is 28.1 Å². The first-order valence-corrected chi connectivity index (χ1v) is 10.4. The smallest absolute Gasteiger partial charge is 0.291 e. The number of nitrogens with one attached hydrogen (secondary N) is 1. The topological polar surface area (TPSA) is 73.6 Å². The van der Waals surface area contributed by atoms with Crippen molar-refractivity contribution >= 4 is 27.5 Å². The minimum atomic E-state index is -0.348. The molecular weight excluding hydrogens is 460 g/mol. The Morgan fingerprint density at radius 3 is 2.58 bits per heavy atom. The van der Waals surface area contributed by atoms with E-state index in [2.05, 4.69) is 26.2 Å². The molecule has 0 spiro atoms. The molecule has 0 aliphatic rings. The number of amides is 1. The van der Waals surface area contributed by atoms with Crippen LogP contribution in [-0.2, 0) is 13.2 Å². The van der Waals surface area contributed by atoms with E-state index in [0.717, 1.165) is 10.0 Å². The summed E-state index contributed by atoms with van der Waals surface area (Å²) >= 11 is 3.38. The van der Waals surface area contributed by atoms with Gasteiger partial charge in [0.25, 0.3) is 5.91 Å². The molecule has 0 atom stereocenters. The van der Waals surface area contributed by atoms with Gasteiger partial charge in [0.2, 0.25) is 0 Å². The second-order valence-electron chi connectivity index (χ2n) is 6.64. The summed E-state index contributed by atoms with van der Waals surface area (Å²) in [4.78, 5) is 16.6. The van der Waals surface area contributed by atoms with E-state index in [9.17, 15) is 4.79 Å². The summed E-state index contributed by atoms with van der Waals surface area (Å²) in [5, 5.41) is 2.82. The van der Waals surface area contributed by atoms with Crippen molar-refractivity contribution < 1.29 is 18.7 Å². The van der Waals surface area contributed by atoms with Crippen molar-refractivity contribution in [2.24, 2.45) is 0 Å². The van der Waals surface area contributed by atoms with Crippen molar-refractivity contribution in [3.05, 3.63) is 107 Å². The van der Waals surface area contributed by atoms with E-state index < -0.39 is 0 Å². The van der Waals surface area contributed by atoms with Crippen LogP contribution in [0.4, 0.5) is 5.69 Å². The summed E-state index contributed by atoms with van der Waals surface area (Å²) in [7, 11) is 0. The zero-order chi connectivity index (χ0) is 21.5. The van der Waals surface area contributed by atoms with E-state index >= 15 is 0 Å². The number of rotatable bonds is 8. The molecule has 7 heteroatoms. The zero-order valence-electron chi connectivity index (χ0n) is 16.5. The second-order valence-corrected chi connectivity index (χ2v) is 7.56. The summed E-state index contributed by atoms with van der Waals surface area (Å²) in [6.45, 7) is 0.623. The van der Waals surface area contributed by atoms with Crippen molar-refractivity contribution in [1.82, 2.24) is 4.98 Å². The monoisotopic (exact) mass is 478 g/mol. The maximum absolute atomic E-state index is 12.5. The minimum Gasteiger partial charge on any atom is -0.489 e. The number of ether oxygens (including phenoxy) is 2. The van der Waals surface area contributed by atoms with Gasteiger partial charge in [0.05, 0.1) is 0 Å². The maximum atomic E-state index is 12.5. The van der Waals surface area contributed by atoms with Gasteiger partial charge in [-0.2, -0.15) is 0 Å². The van der Waals surface area contributed by atoms with Gasteiger partial charge in [0.15, 0.2) is 5.76 Å². The number of aromatic nitrogens is 1. The van der Waals surface area contributed by atoms with Gasteiger partial charge in [0, 0.05) is 34.2 Å². The summed E-state index contributed by atoms with van der Waals surface area (Å²) < 4.78 is 18.0. The number of furan rings is 1. The SMILES string of the molecule is O=C(Nc1cccc(OCc2cccnc2)c1)c1ccc(COc2ccc(Br)cc2)o1. The standard InChI is InChI=1S/C24H19BrN2O4/c25-18-6-8-20(9-7-18)30-16-22-10-11-23(31-22)24(28)27-19-4-1-5-21(13-19)29-15-17-3-2-12-26-14-17/h1-14H,15-16H2,(H,27,28). The van der Waals surface area contributed by atoms with Crippen LogP contribution in [0.15, 0.2) is 94.1 Å². The number of hydrogen-bond acceptors (Lipinski definition) is 5. The third-order valence-electron chi connectivity index (χ3n) is 4.30. The van der Waals surface area contributed by atoms with Crippen molar-refractivity contribution in [2.75, 3.05) is 5.32 Å². The van der Waals surface area contributed by atoms with Crippen LogP contribution in [0.2, 0.25) is 0 Å². The fourth-order valence-electron chi connectivity index (χ4n) is 2.77. The molecule has 0 saturated carbocycles. The van der Waals surface area contributed by atoms with Crippen molar-refractivity contribution in [2.45, 2.75) is 13.2 Å². The highest BCUT2D eigenvalue weighted by atomic mass is 79.9. The van der Waals surface area contributed by atoms with Crippen LogP contribution in [0.3, 0.4) is 0 Å². The van der Waals surface area contributed by atoms with Crippen LogP contribution in [0.5, 0.6) is 11.5 Å². The molecule has 0 saturated heterocycles. The Morgan fingerprint density at radius 1 is 0.935 bits per heavy atom. The largest absolute Gasteiger partial charge is 0.489 e. The Kier molecular flexibility index (Phi) is 6.64. The molecule has 0 bridgehead atoms. The third kappa shape index (κ3) is 5.96. The highest BCUT2D eigenvalue weighted by Gasteiger charge is 2.12. The molecule has 0 aliphatic carbocycles. The molecule has 2 heterocycles. The Labute approximate surface area is 188 Å². The lowest BCUT2D eigenvalue weighted by molar-refractivity contribution is 0.0992. The van der Waals surface area contributed by atoms with Gasteiger partial charge in [-0.15, -0.1) is 0 Å². The Morgan fingerprint density at radius 2 is 1.77 bits per heavy atom. The predicted molar refractivity (Wildman–Crippen MR) is 120 cm³/mol. The highest BCUT2D eigenvalue weighted by molar-refractivity contribution is 9.10. The molecule has 0 radical (unpaired) electrons. The molecule has 156 valence electrons. The summed E-state index contributed by atoms with van der Waals surface area (Å²) in [6, 6.07) is 21.8. The maximum Gasteiger partial charge on any atom is 0.291 e. The number of anilines is 1. The van der Waals surface area contributed by atoms with Crippen LogP contribution >= 0.6 is 15.9 Å². The van der Waals surface area contributed by atoms with E-state index in [0.29, 0.717) is 29.6 Å². The van der Waals surface area contributed by atoms with Crippen LogP contribution in [0.1, 0.15) is 21.9 Å². The molecule has 4 rings (SSSR count). The second kappa shape index (κ2) is 9.95. The van der Waals surface area contributed by atoms with E-state index in [4.69, 9.17) is 13.9 Å². The van der Waals surface area contributed by atoms with Gasteiger partial charge < -0.3 is 19.2 Å². The fourth-order valence-corrected chi connectivity index (χ4v) is 3.03. The molecule has 2 aromatic carbocycles. The number of hydrogen-bond donors (Lipinski definition) is 1. The number of benzene rings is 2. The average Bonchev–Trinajstić information content (AvgIpc) is 3.28. The average molecular weight is 479 g/mol. The Hall–Kier alpha value is -3.58. The van der Waals surface area contributed by atoms with Crippen LogP contribution in [0.25, 0.3) is 0 Å². The normalized spacial score (nSPS) is 10.5. The first-order valence-electron chi connectivity index (χ1n) is 9.56. The molecule has 31 heavy (non-hydrogen) atoms. The van der Waals surface area contributed by atoms with Crippen LogP contribution in [0, 0.1) is 0 Å². The molecule has 1 amide bonds. The predicted octanol–water partition coefficient (Wildman–Crippen LogP) is 5.85. The van der Waals surface area contributed by atoms with Crippen molar-refractivity contribution in [3.8, 4) is 11.5 Å². The van der Waals surface area contributed by atoms with E-state index in [1.807, 2.05) is 48.5 Å². The Balaban J connectivity index is 1.32. The first kappa shape index (κ1) is 20.7. The quantitative estimate of drug-likeness (QED) is 0.343. The van der Waals surface area contributed by atoms with Crippen LogP contribution in [-0.4, -0.2) is 10.9 Å². The summed E-state index contributed by atoms with van der Waals surface area (Å²) in [5.41, 5.74) is 1.57. The van der Waals surface area contributed by atoms with E-state index in [-0.39, 0.29) is 18.3 Å². The van der Waals surface area contributed by atoms with E-state index in [1.54, 1.807) is 36.7 Å². The fraction of sp³-hybridized carbons (Fsp3) is 0.0833. The minimum absolute atomic E-state index is 0.205. The molecule has 0 unspecified atom stereocenters. The van der Waals surface area contributed by atoms with Gasteiger partial charge in [-0.25, -0.2) is 0 Å².